The average Bonchev–Trinajstić information content (AvgIpc) is 2.40. The third kappa shape index (κ3) is 1.15. The Morgan fingerprint density at radius 3 is 3.09 bits per heavy atom. The minimum atomic E-state index is 0.718. The van der Waals surface area contributed by atoms with Crippen LogP contribution in [0.2, 0.25) is 0 Å². The van der Waals surface area contributed by atoms with Crippen molar-refractivity contribution in [1.82, 2.24) is 0 Å². The molecule has 0 aromatic heterocycles. The highest BCUT2D eigenvalue weighted by molar-refractivity contribution is 5.24. The second-order valence-electron chi connectivity index (χ2n) is 4.02. The molecule has 60 valence electrons. The van der Waals surface area contributed by atoms with Gasteiger partial charge in [-0.25, -0.2) is 0 Å². The fourth-order valence-corrected chi connectivity index (χ4v) is 2.41. The van der Waals surface area contributed by atoms with E-state index in [-0.39, 0.29) is 0 Å². The molecule has 0 aliphatic heterocycles. The lowest BCUT2D eigenvalue weighted by atomic mass is 9.96. The zero-order chi connectivity index (χ0) is 7.84. The zero-order valence-electron chi connectivity index (χ0n) is 7.27. The zero-order valence-corrected chi connectivity index (χ0v) is 7.27. The van der Waals surface area contributed by atoms with Gasteiger partial charge in [0.05, 0.1) is 0 Å². The molecule has 2 rings (SSSR count). The van der Waals surface area contributed by atoms with Crippen LogP contribution in [0, 0.1) is 11.8 Å². The van der Waals surface area contributed by atoms with Gasteiger partial charge in [0.15, 0.2) is 0 Å². The molecule has 2 aliphatic rings. The molecule has 0 amide bonds. The SMILES string of the molecule is C=C(C)C1C=C2CCCC2C1. The molecular formula is C11H16. The Bertz CT molecular complexity index is 210. The van der Waals surface area contributed by atoms with Gasteiger partial charge in [0.1, 0.15) is 0 Å². The minimum Gasteiger partial charge on any atom is -0.0995 e. The van der Waals surface area contributed by atoms with Gasteiger partial charge in [0.2, 0.25) is 0 Å². The maximum absolute atomic E-state index is 4.02. The number of hydrogen-bond acceptors (Lipinski definition) is 0. The molecule has 1 saturated carbocycles. The fraction of sp³-hybridized carbons (Fsp3) is 0.636. The molecule has 11 heavy (non-hydrogen) atoms. The van der Waals surface area contributed by atoms with Gasteiger partial charge in [-0.1, -0.05) is 23.8 Å². The minimum absolute atomic E-state index is 0.718. The average molecular weight is 148 g/mol. The molecule has 0 spiro atoms. The van der Waals surface area contributed by atoms with Crippen LogP contribution < -0.4 is 0 Å². The monoisotopic (exact) mass is 148 g/mol. The number of hydrogen-bond donors (Lipinski definition) is 0. The number of rotatable bonds is 1. The Kier molecular flexibility index (Phi) is 1.63. The van der Waals surface area contributed by atoms with Crippen molar-refractivity contribution in [3.05, 3.63) is 23.8 Å². The van der Waals surface area contributed by atoms with Crippen LogP contribution in [0.15, 0.2) is 23.8 Å². The summed E-state index contributed by atoms with van der Waals surface area (Å²) in [6.45, 7) is 6.18. The molecule has 0 nitrogen and oxygen atoms in total. The summed E-state index contributed by atoms with van der Waals surface area (Å²) >= 11 is 0. The fourth-order valence-electron chi connectivity index (χ4n) is 2.41. The van der Waals surface area contributed by atoms with E-state index in [1.54, 1.807) is 5.57 Å². The maximum Gasteiger partial charge on any atom is -0.00203 e. The molecule has 0 heteroatoms. The molecule has 2 unspecified atom stereocenters. The molecule has 0 aromatic rings. The van der Waals surface area contributed by atoms with Gasteiger partial charge in [0.25, 0.3) is 0 Å². The van der Waals surface area contributed by atoms with Crippen molar-refractivity contribution >= 4 is 0 Å². The molecule has 0 heterocycles. The summed E-state index contributed by atoms with van der Waals surface area (Å²) in [6, 6.07) is 0. The highest BCUT2D eigenvalue weighted by atomic mass is 14.3. The van der Waals surface area contributed by atoms with E-state index in [4.69, 9.17) is 0 Å². The Labute approximate surface area is 69.0 Å². The van der Waals surface area contributed by atoms with E-state index in [9.17, 15) is 0 Å². The van der Waals surface area contributed by atoms with Crippen LogP contribution in [0.4, 0.5) is 0 Å². The molecule has 2 atom stereocenters. The van der Waals surface area contributed by atoms with Crippen LogP contribution in [0.25, 0.3) is 0 Å². The second kappa shape index (κ2) is 2.51. The topological polar surface area (TPSA) is 0 Å². The molecule has 0 saturated heterocycles. The van der Waals surface area contributed by atoms with E-state index in [1.165, 1.54) is 31.3 Å². The van der Waals surface area contributed by atoms with Gasteiger partial charge < -0.3 is 0 Å². The van der Waals surface area contributed by atoms with E-state index in [2.05, 4.69) is 19.6 Å². The summed E-state index contributed by atoms with van der Waals surface area (Å²) in [7, 11) is 0. The smallest absolute Gasteiger partial charge is 0.00203 e. The van der Waals surface area contributed by atoms with Gasteiger partial charge in [-0.05, 0) is 44.4 Å². The van der Waals surface area contributed by atoms with E-state index in [1.807, 2.05) is 0 Å². The molecule has 0 bridgehead atoms. The highest BCUT2D eigenvalue weighted by Crippen LogP contribution is 2.43. The van der Waals surface area contributed by atoms with Crippen molar-refractivity contribution in [2.75, 3.05) is 0 Å². The van der Waals surface area contributed by atoms with Crippen LogP contribution >= 0.6 is 0 Å². The maximum atomic E-state index is 4.02. The molecule has 1 fully saturated rings. The lowest BCUT2D eigenvalue weighted by molar-refractivity contribution is 0.550. The third-order valence-corrected chi connectivity index (χ3v) is 3.13. The Hall–Kier alpha value is -0.520. The number of allylic oxidation sites excluding steroid dienone is 3. The normalized spacial score (nSPS) is 35.2. The molecule has 0 radical (unpaired) electrons. The predicted octanol–water partition coefficient (Wildman–Crippen LogP) is 3.31. The van der Waals surface area contributed by atoms with Crippen LogP contribution in [0.5, 0.6) is 0 Å². The van der Waals surface area contributed by atoms with Crippen molar-refractivity contribution in [2.24, 2.45) is 11.8 Å². The van der Waals surface area contributed by atoms with Crippen LogP contribution in [-0.2, 0) is 0 Å². The van der Waals surface area contributed by atoms with E-state index in [0.29, 0.717) is 0 Å². The second-order valence-corrected chi connectivity index (χ2v) is 4.02. The van der Waals surface area contributed by atoms with Crippen molar-refractivity contribution in [3.63, 3.8) is 0 Å². The predicted molar refractivity (Wildman–Crippen MR) is 48.3 cm³/mol. The number of fused-ring (bicyclic) bond motifs is 1. The van der Waals surface area contributed by atoms with Crippen LogP contribution in [0.3, 0.4) is 0 Å². The largest absolute Gasteiger partial charge is 0.0995 e. The van der Waals surface area contributed by atoms with Crippen molar-refractivity contribution in [1.29, 1.82) is 0 Å². The van der Waals surface area contributed by atoms with Gasteiger partial charge in [-0.15, -0.1) is 0 Å². The molecule has 2 aliphatic carbocycles. The van der Waals surface area contributed by atoms with E-state index in [0.717, 1.165) is 11.8 Å². The standard InChI is InChI=1S/C11H16/c1-8(2)11-6-9-4-3-5-10(9)7-11/h6,10-11H,1,3-5,7H2,2H3. The lowest BCUT2D eigenvalue weighted by Gasteiger charge is -2.08. The first-order chi connectivity index (χ1) is 5.27. The van der Waals surface area contributed by atoms with Gasteiger partial charge >= 0.3 is 0 Å². The van der Waals surface area contributed by atoms with Crippen LogP contribution in [-0.4, -0.2) is 0 Å². The van der Waals surface area contributed by atoms with E-state index < -0.39 is 0 Å². The molecule has 0 aromatic carbocycles. The van der Waals surface area contributed by atoms with Crippen molar-refractivity contribution in [3.8, 4) is 0 Å². The quantitative estimate of drug-likeness (QED) is 0.500. The summed E-state index contributed by atoms with van der Waals surface area (Å²) in [5.41, 5.74) is 3.09. The van der Waals surface area contributed by atoms with Gasteiger partial charge in [-0.3, -0.25) is 0 Å². The third-order valence-electron chi connectivity index (χ3n) is 3.13. The molecule has 0 N–H and O–H groups in total. The highest BCUT2D eigenvalue weighted by Gasteiger charge is 2.29. The first kappa shape index (κ1) is 7.15. The Balaban J connectivity index is 2.13. The first-order valence-electron chi connectivity index (χ1n) is 4.63. The summed E-state index contributed by atoms with van der Waals surface area (Å²) in [5.74, 6) is 1.66. The molecular weight excluding hydrogens is 132 g/mol. The van der Waals surface area contributed by atoms with E-state index >= 15 is 0 Å². The van der Waals surface area contributed by atoms with Crippen molar-refractivity contribution < 1.29 is 0 Å². The van der Waals surface area contributed by atoms with Crippen molar-refractivity contribution in [2.45, 2.75) is 32.6 Å². The summed E-state index contributed by atoms with van der Waals surface area (Å²) in [5, 5.41) is 0. The Morgan fingerprint density at radius 2 is 2.45 bits per heavy atom. The summed E-state index contributed by atoms with van der Waals surface area (Å²) in [4.78, 5) is 0. The lowest BCUT2D eigenvalue weighted by Crippen LogP contribution is -1.96. The van der Waals surface area contributed by atoms with Gasteiger partial charge in [-0.2, -0.15) is 0 Å². The first-order valence-corrected chi connectivity index (χ1v) is 4.63. The van der Waals surface area contributed by atoms with Crippen LogP contribution in [0.1, 0.15) is 32.6 Å². The summed E-state index contributed by atoms with van der Waals surface area (Å²) in [6.07, 6.45) is 8.08. The summed E-state index contributed by atoms with van der Waals surface area (Å²) < 4.78 is 0. The Morgan fingerprint density at radius 1 is 1.64 bits per heavy atom. The van der Waals surface area contributed by atoms with Gasteiger partial charge in [0, 0.05) is 0 Å².